The van der Waals surface area contributed by atoms with Crippen molar-refractivity contribution >= 4 is 5.69 Å². The van der Waals surface area contributed by atoms with E-state index >= 15 is 0 Å². The lowest BCUT2D eigenvalue weighted by Gasteiger charge is -2.32. The van der Waals surface area contributed by atoms with E-state index in [1.165, 1.54) is 19.3 Å². The van der Waals surface area contributed by atoms with E-state index in [9.17, 15) is 4.39 Å². The minimum Gasteiger partial charge on any atom is -0.371 e. The van der Waals surface area contributed by atoms with E-state index < -0.39 is 0 Å². The maximum absolute atomic E-state index is 14.5. The van der Waals surface area contributed by atoms with Crippen molar-refractivity contribution in [2.75, 3.05) is 57.3 Å². The topological polar surface area (TPSA) is 21.8 Å². The summed E-state index contributed by atoms with van der Waals surface area (Å²) in [5.41, 5.74) is 2.03. The number of rotatable bonds is 4. The highest BCUT2D eigenvalue weighted by Gasteiger charge is 2.29. The normalized spacial score (nSPS) is 26.4. The molecule has 0 bridgehead atoms. The van der Waals surface area contributed by atoms with Crippen LogP contribution in [0.3, 0.4) is 0 Å². The van der Waals surface area contributed by atoms with Gasteiger partial charge in [-0.1, -0.05) is 6.07 Å². The third kappa shape index (κ3) is 3.44. The van der Waals surface area contributed by atoms with Crippen molar-refractivity contribution in [3.63, 3.8) is 0 Å². The predicted molar refractivity (Wildman–Crippen MR) is 96.0 cm³/mol. The lowest BCUT2D eigenvalue weighted by Crippen LogP contribution is -2.49. The maximum Gasteiger partial charge on any atom is 0.129 e. The molecule has 3 aliphatic heterocycles. The summed E-state index contributed by atoms with van der Waals surface area (Å²) < 4.78 is 14.5. The van der Waals surface area contributed by atoms with Crippen molar-refractivity contribution < 1.29 is 4.39 Å². The molecule has 0 spiro atoms. The fraction of sp³-hybridized carbons (Fsp3) is 0.684. The number of piperazine rings is 1. The summed E-state index contributed by atoms with van der Waals surface area (Å²) >= 11 is 0. The third-order valence-electron chi connectivity index (χ3n) is 5.84. The lowest BCUT2D eigenvalue weighted by molar-refractivity contribution is 0.170. The summed E-state index contributed by atoms with van der Waals surface area (Å²) in [6, 6.07) is 6.24. The molecule has 4 rings (SSSR count). The minimum absolute atomic E-state index is 0.0370. The second kappa shape index (κ2) is 7.38. The average molecular weight is 332 g/mol. The van der Waals surface area contributed by atoms with Crippen molar-refractivity contribution in [3.05, 3.63) is 29.6 Å². The first-order valence-electron chi connectivity index (χ1n) is 9.51. The maximum atomic E-state index is 14.5. The monoisotopic (exact) mass is 332 g/mol. The van der Waals surface area contributed by atoms with E-state index in [4.69, 9.17) is 0 Å². The third-order valence-corrected chi connectivity index (χ3v) is 5.84. The van der Waals surface area contributed by atoms with Crippen LogP contribution < -0.4 is 10.2 Å². The van der Waals surface area contributed by atoms with Crippen molar-refractivity contribution in [1.29, 1.82) is 0 Å². The molecule has 1 N–H and O–H groups in total. The van der Waals surface area contributed by atoms with E-state index in [1.54, 1.807) is 6.07 Å². The Labute approximate surface area is 144 Å². The van der Waals surface area contributed by atoms with Crippen LogP contribution in [0.15, 0.2) is 18.2 Å². The fourth-order valence-corrected chi connectivity index (χ4v) is 4.48. The smallest absolute Gasteiger partial charge is 0.129 e. The van der Waals surface area contributed by atoms with E-state index in [0.717, 1.165) is 70.2 Å². The Hall–Kier alpha value is -1.17. The van der Waals surface area contributed by atoms with Crippen LogP contribution in [-0.4, -0.2) is 68.2 Å². The van der Waals surface area contributed by atoms with Gasteiger partial charge in [0, 0.05) is 76.2 Å². The highest BCUT2D eigenvalue weighted by atomic mass is 19.1. The summed E-state index contributed by atoms with van der Waals surface area (Å²) in [6.07, 6.45) is 3.67. The number of anilines is 1. The van der Waals surface area contributed by atoms with E-state index in [2.05, 4.69) is 26.1 Å². The summed E-state index contributed by atoms with van der Waals surface area (Å²) in [7, 11) is 0. The first kappa shape index (κ1) is 16.3. The molecule has 1 atom stereocenters. The molecular weight excluding hydrogens is 303 g/mol. The second-order valence-electron chi connectivity index (χ2n) is 7.40. The highest BCUT2D eigenvalue weighted by Crippen LogP contribution is 2.29. The number of benzene rings is 1. The molecule has 0 aliphatic carbocycles. The predicted octanol–water partition coefficient (Wildman–Crippen LogP) is 1.91. The highest BCUT2D eigenvalue weighted by molar-refractivity contribution is 5.54. The van der Waals surface area contributed by atoms with Crippen LogP contribution in [0, 0.1) is 5.82 Å². The zero-order chi connectivity index (χ0) is 16.4. The molecular formula is C19H29FN4. The van der Waals surface area contributed by atoms with Crippen LogP contribution >= 0.6 is 0 Å². The van der Waals surface area contributed by atoms with Crippen molar-refractivity contribution in [1.82, 2.24) is 15.1 Å². The molecule has 132 valence electrons. The van der Waals surface area contributed by atoms with Crippen LogP contribution in [0.2, 0.25) is 0 Å². The molecule has 1 aromatic carbocycles. The first-order chi connectivity index (χ1) is 11.8. The number of nitrogens with one attached hydrogen (secondary N) is 1. The summed E-state index contributed by atoms with van der Waals surface area (Å²) in [4.78, 5) is 7.42. The first-order valence-corrected chi connectivity index (χ1v) is 9.51. The summed E-state index contributed by atoms with van der Waals surface area (Å²) in [6.45, 7) is 9.55. The van der Waals surface area contributed by atoms with E-state index in [0.29, 0.717) is 6.04 Å². The van der Waals surface area contributed by atoms with Gasteiger partial charge in [-0.3, -0.25) is 9.80 Å². The molecule has 1 unspecified atom stereocenters. The van der Waals surface area contributed by atoms with Gasteiger partial charge in [0.15, 0.2) is 0 Å². The van der Waals surface area contributed by atoms with E-state index in [-0.39, 0.29) is 5.82 Å². The van der Waals surface area contributed by atoms with Crippen LogP contribution in [0.1, 0.15) is 24.8 Å². The Bertz CT molecular complexity index is 552. The van der Waals surface area contributed by atoms with Gasteiger partial charge in [0.05, 0.1) is 0 Å². The van der Waals surface area contributed by atoms with Gasteiger partial charge in [0.25, 0.3) is 0 Å². The molecule has 3 heterocycles. The van der Waals surface area contributed by atoms with Gasteiger partial charge in [-0.2, -0.15) is 0 Å². The van der Waals surface area contributed by atoms with Crippen molar-refractivity contribution in [3.8, 4) is 0 Å². The molecule has 3 aliphatic rings. The molecule has 1 aromatic rings. The Morgan fingerprint density at radius 1 is 1.04 bits per heavy atom. The lowest BCUT2D eigenvalue weighted by atomic mass is 10.1. The number of halogens is 1. The minimum atomic E-state index is -0.0370. The van der Waals surface area contributed by atoms with Crippen molar-refractivity contribution in [2.24, 2.45) is 0 Å². The molecule has 0 radical (unpaired) electrons. The molecule has 3 saturated heterocycles. The van der Waals surface area contributed by atoms with Gasteiger partial charge in [-0.25, -0.2) is 4.39 Å². The fourth-order valence-electron chi connectivity index (χ4n) is 4.48. The van der Waals surface area contributed by atoms with Gasteiger partial charge in [0.1, 0.15) is 5.82 Å². The molecule has 0 aromatic heterocycles. The molecule has 0 saturated carbocycles. The Balaban J connectivity index is 1.44. The summed E-state index contributed by atoms with van der Waals surface area (Å²) in [5.74, 6) is -0.0370. The summed E-state index contributed by atoms with van der Waals surface area (Å²) in [5, 5.41) is 3.43. The van der Waals surface area contributed by atoms with Crippen LogP contribution in [0.4, 0.5) is 10.1 Å². The van der Waals surface area contributed by atoms with Gasteiger partial charge in [0.2, 0.25) is 0 Å². The molecule has 4 nitrogen and oxygen atoms in total. The SMILES string of the molecule is Fc1cccc(N2CCCC2)c1CN1CCC(N2CCNCC2)C1. The van der Waals surface area contributed by atoms with Crippen LogP contribution in [0.25, 0.3) is 0 Å². The Morgan fingerprint density at radius 3 is 2.62 bits per heavy atom. The molecule has 24 heavy (non-hydrogen) atoms. The van der Waals surface area contributed by atoms with Crippen LogP contribution in [0.5, 0.6) is 0 Å². The van der Waals surface area contributed by atoms with Crippen molar-refractivity contribution in [2.45, 2.75) is 31.8 Å². The van der Waals surface area contributed by atoms with Gasteiger partial charge >= 0.3 is 0 Å². The Morgan fingerprint density at radius 2 is 1.83 bits per heavy atom. The van der Waals surface area contributed by atoms with E-state index in [1.807, 2.05) is 6.07 Å². The van der Waals surface area contributed by atoms with Gasteiger partial charge in [-0.05, 0) is 31.4 Å². The zero-order valence-electron chi connectivity index (χ0n) is 14.5. The number of nitrogens with zero attached hydrogens (tertiary/aromatic N) is 3. The number of likely N-dealkylation sites (tertiary alicyclic amines) is 1. The quantitative estimate of drug-likeness (QED) is 0.909. The van der Waals surface area contributed by atoms with Crippen LogP contribution in [-0.2, 0) is 6.54 Å². The van der Waals surface area contributed by atoms with Gasteiger partial charge in [-0.15, -0.1) is 0 Å². The number of hydrogen-bond acceptors (Lipinski definition) is 4. The Kier molecular flexibility index (Phi) is 5.01. The second-order valence-corrected chi connectivity index (χ2v) is 7.40. The average Bonchev–Trinajstić information content (AvgIpc) is 3.29. The van der Waals surface area contributed by atoms with Gasteiger partial charge < -0.3 is 10.2 Å². The largest absolute Gasteiger partial charge is 0.371 e. The standard InChI is InChI=1S/C19H29FN4/c20-18-4-3-5-19(24-9-1-2-10-24)17(18)15-22-11-6-16(14-22)23-12-7-21-8-13-23/h3-5,16,21H,1-2,6-15H2. The zero-order valence-corrected chi connectivity index (χ0v) is 14.5. The molecule has 5 heteroatoms. The molecule has 3 fully saturated rings. The molecule has 0 amide bonds. The number of hydrogen-bond donors (Lipinski definition) is 1.